The van der Waals surface area contributed by atoms with Crippen LogP contribution in [0.3, 0.4) is 0 Å². The SMILES string of the molecule is [2H]c1c([2H])c([2H])c([Si](c2c([2H])c([2H])c([2H])c([2H])c2[2H])(c2c([2H])c([2H])c([2H])c([2H])c2[2H])c2c([2H])c([2H])c([2H])c(-c3nc(-c4ccccc4-n4c5c([2H])c([2H])c([2H])c([2H])c5c5c([2H])c([2H])c([2H])c([2H])c54)nc(-n4c5c([2H])c([2H])c([2H])c([2H])c5c5c6c(oc7ccccc76)c([2H])c([2H])c54)n3)c2[2H])c([2H])c1[2H]. The van der Waals surface area contributed by atoms with Crippen LogP contribution in [0, 0.1) is 0 Å². The second-order valence-electron chi connectivity index (χ2n) is 15.4. The average Bonchev–Trinajstić information content (AvgIpc) is 1.23. The molecule has 0 N–H and O–H groups in total. The molecule has 0 radical (unpaired) electrons. The van der Waals surface area contributed by atoms with E-state index in [1.807, 2.05) is 0 Å². The molecular formula is C63H41N5OSi. The molecule has 0 saturated heterocycles. The van der Waals surface area contributed by atoms with Gasteiger partial charge in [-0.15, -0.1) is 0 Å². The summed E-state index contributed by atoms with van der Waals surface area (Å²) in [6.45, 7) is 0. The van der Waals surface area contributed by atoms with Gasteiger partial charge in [-0.05, 0) is 69.2 Å². The Balaban J connectivity index is 1.26. The van der Waals surface area contributed by atoms with Crippen LogP contribution in [0.4, 0.5) is 0 Å². The first kappa shape index (κ1) is 19.1. The predicted molar refractivity (Wildman–Crippen MR) is 290 cm³/mol. The molecule has 14 rings (SSSR count). The lowest BCUT2D eigenvalue weighted by molar-refractivity contribution is 0.669. The minimum atomic E-state index is -6.58. The van der Waals surface area contributed by atoms with Gasteiger partial charge in [-0.25, -0.2) is 4.98 Å². The summed E-state index contributed by atoms with van der Waals surface area (Å²) in [6, 6.07) is -23.4. The molecule has 7 heteroatoms. The van der Waals surface area contributed by atoms with Gasteiger partial charge in [0.1, 0.15) is 11.2 Å². The van der Waals surface area contributed by atoms with Crippen molar-refractivity contribution in [1.82, 2.24) is 24.1 Å². The summed E-state index contributed by atoms with van der Waals surface area (Å²) < 4.78 is 318. The number of hydrogen-bond acceptors (Lipinski definition) is 4. The largest absolute Gasteiger partial charge is 0.456 e. The van der Waals surface area contributed by atoms with Gasteiger partial charge in [-0.1, -0.05) is 200 Å². The van der Waals surface area contributed by atoms with E-state index in [4.69, 9.17) is 39.9 Å². The van der Waals surface area contributed by atoms with Crippen LogP contribution in [-0.4, -0.2) is 32.2 Å². The third-order valence-corrected chi connectivity index (χ3v) is 15.8. The molecule has 14 aromatic rings. The topological polar surface area (TPSA) is 61.7 Å². The Morgan fingerprint density at radius 1 is 0.386 bits per heavy atom. The molecule has 0 fully saturated rings. The van der Waals surface area contributed by atoms with Crippen molar-refractivity contribution >= 4 is 94.4 Å². The minimum Gasteiger partial charge on any atom is -0.456 e. The molecule has 0 amide bonds. The molecular weight excluding hydrogens is 871 g/mol. The zero-order valence-corrected chi connectivity index (χ0v) is 36.3. The van der Waals surface area contributed by atoms with E-state index in [1.165, 1.54) is 30.3 Å². The van der Waals surface area contributed by atoms with E-state index in [-0.39, 0.29) is 44.0 Å². The van der Waals surface area contributed by atoms with Crippen LogP contribution in [0.2, 0.25) is 0 Å². The van der Waals surface area contributed by atoms with Gasteiger partial charge >= 0.3 is 0 Å². The Bertz CT molecular complexity index is 6000. The number of aromatic nitrogens is 5. The maximum absolute atomic E-state index is 10.8. The number of benzene rings is 10. The van der Waals surface area contributed by atoms with Crippen LogP contribution >= 0.6 is 0 Å². The van der Waals surface area contributed by atoms with Crippen molar-refractivity contribution in [3.8, 4) is 34.4 Å². The van der Waals surface area contributed by atoms with Gasteiger partial charge < -0.3 is 8.98 Å². The van der Waals surface area contributed by atoms with Crippen molar-refractivity contribution in [2.45, 2.75) is 0 Å². The third kappa shape index (κ3) is 6.02. The Kier molecular flexibility index (Phi) is 4.35. The van der Waals surface area contributed by atoms with Crippen molar-refractivity contribution in [2.75, 3.05) is 0 Å². The van der Waals surface area contributed by atoms with Crippen LogP contribution in [0.15, 0.2) is 252 Å². The van der Waals surface area contributed by atoms with Crippen LogP contribution in [0.1, 0.15) is 45.2 Å². The van der Waals surface area contributed by atoms with Crippen molar-refractivity contribution < 1.29 is 49.7 Å². The first-order valence-corrected chi connectivity index (χ1v) is 23.0. The molecule has 0 aliphatic rings. The van der Waals surface area contributed by atoms with Crippen molar-refractivity contribution in [3.63, 3.8) is 0 Å². The fourth-order valence-electron chi connectivity index (χ4n) is 8.98. The molecule has 328 valence electrons. The molecule has 70 heavy (non-hydrogen) atoms. The smallest absolute Gasteiger partial charge is 0.238 e. The number of hydrogen-bond donors (Lipinski definition) is 0. The normalized spacial score (nSPS) is 18.6. The first-order chi connectivity index (χ1) is 48.4. The summed E-state index contributed by atoms with van der Waals surface area (Å²) in [7, 11) is -6.58. The highest BCUT2D eigenvalue weighted by Crippen LogP contribution is 2.42. The van der Waals surface area contributed by atoms with Gasteiger partial charge in [-0.2, -0.15) is 9.97 Å². The summed E-state index contributed by atoms with van der Waals surface area (Å²) in [5, 5.41) is -5.84. The standard InChI is InChI=1S/C63H41N5OSi/c1-4-22-43(23-5-1)70(44-24-6-2-7-25-44,45-26-8-3-9-27-45)46-28-20-21-42(41-46)61-64-62(50-32-13-18-37-55(50)67-52-34-15-10-29-47(52)48-30-11-16-35-53(48)67)66-63(65-61)68-54-36-17-12-31-49(54)59-56(68)39-40-58-60(59)51-33-14-19-38-57(51)69-58/h1-41H/i1D,2D,3D,4D,5D,6D,7D,8D,9D,10D,11D,12D,15D,16D,17D,20D,21D,22D,23D,24D,25D,26D,27D,28D,29D,30D,31D,34D,35D,36D,39D,40D,41D. The Morgan fingerprint density at radius 2 is 0.929 bits per heavy atom. The maximum Gasteiger partial charge on any atom is 0.238 e. The maximum atomic E-state index is 10.8. The number of furan rings is 1. The Labute approximate surface area is 450 Å². The molecule has 0 saturated carbocycles. The number of rotatable bonds is 8. The van der Waals surface area contributed by atoms with E-state index in [1.54, 1.807) is 18.2 Å². The Hall–Kier alpha value is -9.17. The average molecular weight is 945 g/mol. The monoisotopic (exact) mass is 945 g/mol. The van der Waals surface area contributed by atoms with E-state index in [0.717, 1.165) is 9.13 Å². The van der Waals surface area contributed by atoms with Crippen molar-refractivity contribution in [1.29, 1.82) is 0 Å². The van der Waals surface area contributed by atoms with E-state index < -0.39 is 284 Å². The molecule has 10 aromatic carbocycles. The van der Waals surface area contributed by atoms with E-state index in [2.05, 4.69) is 0 Å². The van der Waals surface area contributed by atoms with E-state index in [9.17, 15) is 24.7 Å². The highest BCUT2D eigenvalue weighted by atomic mass is 28.3. The summed E-state index contributed by atoms with van der Waals surface area (Å²) >= 11 is 0. The molecule has 6 nitrogen and oxygen atoms in total. The molecule has 0 unspecified atom stereocenters. The highest BCUT2D eigenvalue weighted by molar-refractivity contribution is 7.19. The summed E-state index contributed by atoms with van der Waals surface area (Å²) in [5.41, 5.74) is -3.70. The molecule has 0 atom stereocenters. The molecule has 0 aliphatic heterocycles. The van der Waals surface area contributed by atoms with Crippen LogP contribution in [0.5, 0.6) is 0 Å². The fraction of sp³-hybridized carbons (Fsp3) is 0. The first-order valence-electron chi connectivity index (χ1n) is 37.5. The second-order valence-corrected chi connectivity index (χ2v) is 18.9. The van der Waals surface area contributed by atoms with Gasteiger partial charge in [0.15, 0.2) is 19.7 Å². The molecule has 4 aromatic heterocycles. The third-order valence-electron chi connectivity index (χ3n) is 11.8. The summed E-state index contributed by atoms with van der Waals surface area (Å²) in [4.78, 5) is 14.5. The zero-order chi connectivity index (χ0) is 74.9. The van der Waals surface area contributed by atoms with Gasteiger partial charge in [0, 0.05) is 43.4 Å². The lowest BCUT2D eigenvalue weighted by Crippen LogP contribution is -2.74. The van der Waals surface area contributed by atoms with E-state index >= 15 is 0 Å². The molecule has 4 heterocycles. The summed E-state index contributed by atoms with van der Waals surface area (Å²) in [5.74, 6) is -2.67. The minimum absolute atomic E-state index is 0.0337. The molecule has 0 bridgehead atoms. The van der Waals surface area contributed by atoms with Gasteiger partial charge in [-0.3, -0.25) is 4.57 Å². The lowest BCUT2D eigenvalue weighted by atomic mass is 10.1. The highest BCUT2D eigenvalue weighted by Gasteiger charge is 2.41. The zero-order valence-electron chi connectivity index (χ0n) is 68.3. The molecule has 0 aliphatic carbocycles. The van der Waals surface area contributed by atoms with E-state index in [0.29, 0.717) is 0 Å². The van der Waals surface area contributed by atoms with Gasteiger partial charge in [0.2, 0.25) is 5.95 Å². The predicted octanol–water partition coefficient (Wildman–Crippen LogP) is 12.7. The van der Waals surface area contributed by atoms with Crippen LogP contribution < -0.4 is 20.7 Å². The van der Waals surface area contributed by atoms with Gasteiger partial charge in [0.25, 0.3) is 0 Å². The second kappa shape index (κ2) is 16.0. The Morgan fingerprint density at radius 3 is 1.60 bits per heavy atom. The van der Waals surface area contributed by atoms with Crippen molar-refractivity contribution in [3.05, 3.63) is 248 Å². The van der Waals surface area contributed by atoms with Crippen molar-refractivity contribution in [2.24, 2.45) is 0 Å². The summed E-state index contributed by atoms with van der Waals surface area (Å²) in [6.07, 6.45) is 0. The van der Waals surface area contributed by atoms with Crippen LogP contribution in [-0.2, 0) is 0 Å². The molecule has 0 spiro atoms. The number of nitrogens with zero attached hydrogens (tertiary/aromatic N) is 5. The fourth-order valence-corrected chi connectivity index (χ4v) is 12.5. The lowest BCUT2D eigenvalue weighted by Gasteiger charge is -2.34. The number of fused-ring (bicyclic) bond motifs is 10. The number of para-hydroxylation sites is 5. The van der Waals surface area contributed by atoms with Gasteiger partial charge in [0.05, 0.1) is 73.0 Å². The van der Waals surface area contributed by atoms with Crippen LogP contribution in [0.25, 0.3) is 100.0 Å². The quantitative estimate of drug-likeness (QED) is 0.112.